The molecule has 2 nitrogen and oxygen atoms in total. The Morgan fingerprint density at radius 2 is 2.10 bits per heavy atom. The highest BCUT2D eigenvalue weighted by molar-refractivity contribution is 5.75. The van der Waals surface area contributed by atoms with Crippen molar-refractivity contribution in [2.75, 3.05) is 0 Å². The van der Waals surface area contributed by atoms with Gasteiger partial charge >= 0.3 is 5.97 Å². The SMILES string of the molecule is CC(C)CC12C3C=CC(C3)C1C1CC2CC1(C)C(=O)O. The lowest BCUT2D eigenvalue weighted by atomic mass is 9.53. The van der Waals surface area contributed by atoms with Gasteiger partial charge in [-0.25, -0.2) is 0 Å². The highest BCUT2D eigenvalue weighted by atomic mass is 16.4. The molecule has 7 unspecified atom stereocenters. The first kappa shape index (κ1) is 12.9. The van der Waals surface area contributed by atoms with E-state index in [1.165, 1.54) is 19.3 Å². The summed E-state index contributed by atoms with van der Waals surface area (Å²) in [6, 6.07) is 0. The number of allylic oxidation sites excluding steroid dienone is 2. The summed E-state index contributed by atoms with van der Waals surface area (Å²) in [5.41, 5.74) is 0.00133. The van der Waals surface area contributed by atoms with Gasteiger partial charge in [0.1, 0.15) is 0 Å². The maximum Gasteiger partial charge on any atom is 0.309 e. The highest BCUT2D eigenvalue weighted by Crippen LogP contribution is 2.77. The monoisotopic (exact) mass is 274 g/mol. The molecule has 2 heteroatoms. The van der Waals surface area contributed by atoms with Gasteiger partial charge < -0.3 is 5.11 Å². The number of aliphatic carboxylic acids is 1. The summed E-state index contributed by atoms with van der Waals surface area (Å²) in [6.07, 6.45) is 9.60. The topological polar surface area (TPSA) is 37.3 Å². The van der Waals surface area contributed by atoms with E-state index in [9.17, 15) is 9.90 Å². The fourth-order valence-corrected chi connectivity index (χ4v) is 6.96. The van der Waals surface area contributed by atoms with Crippen molar-refractivity contribution in [2.45, 2.75) is 46.5 Å². The van der Waals surface area contributed by atoms with E-state index in [0.29, 0.717) is 29.1 Å². The molecule has 0 aromatic heterocycles. The smallest absolute Gasteiger partial charge is 0.309 e. The molecule has 0 amide bonds. The van der Waals surface area contributed by atoms with Crippen LogP contribution in [-0.2, 0) is 4.79 Å². The van der Waals surface area contributed by atoms with E-state index in [2.05, 4.69) is 26.0 Å². The predicted molar refractivity (Wildman–Crippen MR) is 78.1 cm³/mol. The molecular weight excluding hydrogens is 248 g/mol. The second kappa shape index (κ2) is 3.69. The molecule has 4 aliphatic rings. The van der Waals surface area contributed by atoms with Crippen molar-refractivity contribution in [3.8, 4) is 0 Å². The summed E-state index contributed by atoms with van der Waals surface area (Å²) in [5, 5.41) is 9.73. The first-order chi connectivity index (χ1) is 9.39. The lowest BCUT2D eigenvalue weighted by Gasteiger charge is -2.50. The molecule has 0 radical (unpaired) electrons. The summed E-state index contributed by atoms with van der Waals surface area (Å²) in [5.74, 6) is 3.32. The van der Waals surface area contributed by atoms with Crippen LogP contribution in [0, 0.1) is 46.3 Å². The molecular formula is C18H26O2. The van der Waals surface area contributed by atoms with Crippen molar-refractivity contribution < 1.29 is 9.90 Å². The zero-order valence-corrected chi connectivity index (χ0v) is 12.8. The van der Waals surface area contributed by atoms with Gasteiger partial charge in [-0.15, -0.1) is 0 Å². The van der Waals surface area contributed by atoms with Crippen molar-refractivity contribution in [1.29, 1.82) is 0 Å². The number of hydrogen-bond donors (Lipinski definition) is 1. The molecule has 4 bridgehead atoms. The normalized spacial score (nSPS) is 54.9. The van der Waals surface area contributed by atoms with Crippen LogP contribution in [0.15, 0.2) is 12.2 Å². The van der Waals surface area contributed by atoms with Gasteiger partial charge in [0.15, 0.2) is 0 Å². The number of rotatable bonds is 3. The molecule has 0 aromatic carbocycles. The van der Waals surface area contributed by atoms with Gasteiger partial charge in [-0.05, 0) is 73.5 Å². The van der Waals surface area contributed by atoms with Gasteiger partial charge in [0, 0.05) is 0 Å². The Kier molecular flexibility index (Phi) is 2.39. The third kappa shape index (κ3) is 1.25. The lowest BCUT2D eigenvalue weighted by Crippen LogP contribution is -2.48. The van der Waals surface area contributed by atoms with Crippen LogP contribution in [0.2, 0.25) is 0 Å². The molecule has 0 aromatic rings. The fraction of sp³-hybridized carbons (Fsp3) is 0.833. The van der Waals surface area contributed by atoms with Gasteiger partial charge in [0.2, 0.25) is 0 Å². The summed E-state index contributed by atoms with van der Waals surface area (Å²) in [6.45, 7) is 6.70. The van der Waals surface area contributed by atoms with Crippen LogP contribution in [0.3, 0.4) is 0 Å². The standard InChI is InChI=1S/C18H26O2/c1-10(2)8-18-12-5-4-11(6-12)15(18)14-7-13(18)9-17(14,3)16(19)20/h4-5,10-15H,6-9H2,1-3H3,(H,19,20). The van der Waals surface area contributed by atoms with Crippen LogP contribution < -0.4 is 0 Å². The van der Waals surface area contributed by atoms with Gasteiger partial charge in [-0.3, -0.25) is 4.79 Å². The van der Waals surface area contributed by atoms with Crippen molar-refractivity contribution in [1.82, 2.24) is 0 Å². The van der Waals surface area contributed by atoms with Gasteiger partial charge in [-0.1, -0.05) is 26.0 Å². The summed E-state index contributed by atoms with van der Waals surface area (Å²) in [4.78, 5) is 11.8. The molecule has 20 heavy (non-hydrogen) atoms. The number of fused-ring (bicyclic) bond motifs is 9. The summed E-state index contributed by atoms with van der Waals surface area (Å²) >= 11 is 0. The van der Waals surface area contributed by atoms with Crippen molar-refractivity contribution >= 4 is 5.97 Å². The Morgan fingerprint density at radius 1 is 1.35 bits per heavy atom. The van der Waals surface area contributed by atoms with Crippen LogP contribution in [-0.4, -0.2) is 11.1 Å². The van der Waals surface area contributed by atoms with E-state index in [-0.39, 0.29) is 0 Å². The first-order valence-electron chi connectivity index (χ1n) is 8.31. The Bertz CT molecular complexity index is 494. The van der Waals surface area contributed by atoms with Crippen LogP contribution in [0.5, 0.6) is 0 Å². The molecule has 3 saturated carbocycles. The molecule has 0 spiro atoms. The lowest BCUT2D eigenvalue weighted by molar-refractivity contribution is -0.156. The van der Waals surface area contributed by atoms with Crippen LogP contribution >= 0.6 is 0 Å². The van der Waals surface area contributed by atoms with E-state index < -0.39 is 11.4 Å². The zero-order valence-electron chi connectivity index (χ0n) is 12.8. The van der Waals surface area contributed by atoms with Gasteiger partial charge in [-0.2, -0.15) is 0 Å². The predicted octanol–water partition coefficient (Wildman–Crippen LogP) is 3.97. The van der Waals surface area contributed by atoms with Crippen LogP contribution in [0.4, 0.5) is 0 Å². The Hall–Kier alpha value is -0.790. The molecule has 0 saturated heterocycles. The molecule has 0 heterocycles. The van der Waals surface area contributed by atoms with Crippen molar-refractivity contribution in [3.63, 3.8) is 0 Å². The second-order valence-corrected chi connectivity index (χ2v) is 8.59. The number of carbonyl (C=O) groups is 1. The van der Waals surface area contributed by atoms with E-state index in [0.717, 1.165) is 18.3 Å². The van der Waals surface area contributed by atoms with E-state index in [1.807, 2.05) is 6.92 Å². The first-order valence-corrected chi connectivity index (χ1v) is 8.31. The molecule has 1 N–H and O–H groups in total. The number of carboxylic acids is 1. The third-order valence-electron chi connectivity index (χ3n) is 7.36. The van der Waals surface area contributed by atoms with Crippen LogP contribution in [0.25, 0.3) is 0 Å². The largest absolute Gasteiger partial charge is 0.481 e. The van der Waals surface area contributed by atoms with Gasteiger partial charge in [0.05, 0.1) is 5.41 Å². The molecule has 4 aliphatic carbocycles. The fourth-order valence-electron chi connectivity index (χ4n) is 6.96. The summed E-state index contributed by atoms with van der Waals surface area (Å²) in [7, 11) is 0. The highest BCUT2D eigenvalue weighted by Gasteiger charge is 2.73. The second-order valence-electron chi connectivity index (χ2n) is 8.59. The average Bonchev–Trinajstić information content (AvgIpc) is 3.04. The minimum absolute atomic E-state index is 0.420. The summed E-state index contributed by atoms with van der Waals surface area (Å²) < 4.78 is 0. The van der Waals surface area contributed by atoms with E-state index >= 15 is 0 Å². The molecule has 3 fully saturated rings. The van der Waals surface area contributed by atoms with E-state index in [4.69, 9.17) is 0 Å². The number of hydrogen-bond acceptors (Lipinski definition) is 1. The van der Waals surface area contributed by atoms with Gasteiger partial charge in [0.25, 0.3) is 0 Å². The number of carboxylic acid groups (broad SMARTS) is 1. The minimum Gasteiger partial charge on any atom is -0.481 e. The maximum absolute atomic E-state index is 11.8. The third-order valence-corrected chi connectivity index (χ3v) is 7.36. The Balaban J connectivity index is 1.78. The molecule has 4 rings (SSSR count). The average molecular weight is 274 g/mol. The Morgan fingerprint density at radius 3 is 2.75 bits per heavy atom. The minimum atomic E-state index is -0.546. The van der Waals surface area contributed by atoms with Crippen molar-refractivity contribution in [2.24, 2.45) is 46.3 Å². The van der Waals surface area contributed by atoms with Crippen molar-refractivity contribution in [3.05, 3.63) is 12.2 Å². The Labute approximate surface area is 121 Å². The molecule has 0 aliphatic heterocycles. The quantitative estimate of drug-likeness (QED) is 0.624. The van der Waals surface area contributed by atoms with E-state index in [1.54, 1.807) is 0 Å². The molecule has 110 valence electrons. The van der Waals surface area contributed by atoms with Crippen LogP contribution in [0.1, 0.15) is 46.5 Å². The maximum atomic E-state index is 11.8. The zero-order chi connectivity index (χ0) is 14.3. The molecule has 7 atom stereocenters.